The van der Waals surface area contributed by atoms with Crippen LogP contribution in [0.5, 0.6) is 0 Å². The Bertz CT molecular complexity index is 1050. The minimum absolute atomic E-state index is 0.172. The molecular weight excluding hydrogens is 378 g/mol. The highest BCUT2D eigenvalue weighted by Gasteiger charge is 2.16. The van der Waals surface area contributed by atoms with Crippen molar-refractivity contribution in [3.63, 3.8) is 0 Å². The lowest BCUT2D eigenvalue weighted by Crippen LogP contribution is -2.32. The van der Waals surface area contributed by atoms with Crippen LogP contribution in [0.1, 0.15) is 30.4 Å². The number of anilines is 1. The number of halogens is 1. The van der Waals surface area contributed by atoms with E-state index in [0.717, 1.165) is 17.8 Å². The summed E-state index contributed by atoms with van der Waals surface area (Å²) >= 11 is 5.87. The average Bonchev–Trinajstić information content (AvgIpc) is 2.97. The molecule has 0 atom stereocenters. The number of rotatable bonds is 6. The van der Waals surface area contributed by atoms with Gasteiger partial charge in [0.2, 0.25) is 11.9 Å². The summed E-state index contributed by atoms with van der Waals surface area (Å²) in [6.07, 6.45) is 1.55. The van der Waals surface area contributed by atoms with E-state index in [0.29, 0.717) is 28.8 Å². The van der Waals surface area contributed by atoms with Crippen molar-refractivity contribution < 1.29 is 4.79 Å². The second kappa shape index (κ2) is 8.39. The van der Waals surface area contributed by atoms with E-state index in [1.165, 1.54) is 10.6 Å². The maximum absolute atomic E-state index is 12.7. The van der Waals surface area contributed by atoms with Crippen LogP contribution in [0.25, 0.3) is 5.95 Å². The third-order valence-corrected chi connectivity index (χ3v) is 4.43. The Morgan fingerprint density at radius 2 is 1.89 bits per heavy atom. The van der Waals surface area contributed by atoms with Crippen molar-refractivity contribution in [1.29, 1.82) is 0 Å². The van der Waals surface area contributed by atoms with Crippen LogP contribution in [0.2, 0.25) is 5.02 Å². The van der Waals surface area contributed by atoms with Crippen LogP contribution in [-0.2, 0) is 17.8 Å². The molecule has 0 radical (unpaired) electrons. The zero-order valence-electron chi connectivity index (χ0n) is 16.1. The maximum Gasteiger partial charge on any atom is 0.255 e. The molecule has 1 aromatic carbocycles. The molecule has 0 spiro atoms. The molecule has 146 valence electrons. The molecule has 0 saturated heterocycles. The van der Waals surface area contributed by atoms with Gasteiger partial charge in [-0.15, -0.1) is 0 Å². The Hall–Kier alpha value is -2.93. The number of nitrogens with zero attached hydrogens (tertiary/aromatic N) is 4. The Morgan fingerprint density at radius 1 is 1.18 bits per heavy atom. The number of hydrogen-bond acceptors (Lipinski definition) is 4. The van der Waals surface area contributed by atoms with E-state index in [2.05, 4.69) is 15.4 Å². The number of benzene rings is 1. The summed E-state index contributed by atoms with van der Waals surface area (Å²) in [5, 5.41) is 7.78. The first-order valence-electron chi connectivity index (χ1n) is 9.07. The molecule has 3 aromatic rings. The molecular formula is C20H22ClN5O2. The molecule has 2 heterocycles. The van der Waals surface area contributed by atoms with Gasteiger partial charge < -0.3 is 5.32 Å². The standard InChI is InChI=1S/C20H22ClN5O2/c1-4-5-17-11-19(28)25(20(23-17)26-14(3)10-13(2)24-26)12-18(27)22-16-8-6-15(21)7-9-16/h6-11H,4-5,12H2,1-3H3,(H,22,27). The zero-order chi connectivity index (χ0) is 20.3. The highest BCUT2D eigenvalue weighted by atomic mass is 35.5. The number of amides is 1. The molecule has 7 nitrogen and oxygen atoms in total. The van der Waals surface area contributed by atoms with Crippen molar-refractivity contribution in [1.82, 2.24) is 19.3 Å². The van der Waals surface area contributed by atoms with Gasteiger partial charge in [0.1, 0.15) is 6.54 Å². The van der Waals surface area contributed by atoms with E-state index >= 15 is 0 Å². The predicted octanol–water partition coefficient (Wildman–Crippen LogP) is 3.29. The summed E-state index contributed by atoms with van der Waals surface area (Å²) in [6, 6.07) is 10.2. The largest absolute Gasteiger partial charge is 0.325 e. The number of aryl methyl sites for hydroxylation is 3. The second-order valence-corrected chi connectivity index (χ2v) is 7.05. The average molecular weight is 400 g/mol. The van der Waals surface area contributed by atoms with Gasteiger partial charge in [0.05, 0.1) is 5.69 Å². The van der Waals surface area contributed by atoms with Crippen LogP contribution in [-0.4, -0.2) is 25.2 Å². The topological polar surface area (TPSA) is 81.8 Å². The van der Waals surface area contributed by atoms with Gasteiger partial charge in [-0.05, 0) is 50.6 Å². The molecule has 1 amide bonds. The number of hydrogen-bond donors (Lipinski definition) is 1. The van der Waals surface area contributed by atoms with E-state index in [1.807, 2.05) is 26.8 Å². The van der Waals surface area contributed by atoms with E-state index in [4.69, 9.17) is 11.6 Å². The number of carbonyl (C=O) groups excluding carboxylic acids is 1. The minimum atomic E-state index is -0.336. The quantitative estimate of drug-likeness (QED) is 0.689. The summed E-state index contributed by atoms with van der Waals surface area (Å²) in [5.41, 5.74) is 2.65. The number of nitrogens with one attached hydrogen (secondary N) is 1. The molecule has 0 aliphatic rings. The molecule has 0 fully saturated rings. The first-order valence-corrected chi connectivity index (χ1v) is 9.45. The van der Waals surface area contributed by atoms with E-state index < -0.39 is 0 Å². The van der Waals surface area contributed by atoms with Gasteiger partial charge in [0, 0.05) is 28.2 Å². The summed E-state index contributed by atoms with van der Waals surface area (Å²) < 4.78 is 2.94. The van der Waals surface area contributed by atoms with Crippen molar-refractivity contribution in [2.75, 3.05) is 5.32 Å². The van der Waals surface area contributed by atoms with Gasteiger partial charge in [-0.25, -0.2) is 9.67 Å². The molecule has 8 heteroatoms. The Labute approximate surface area is 168 Å². The summed E-state index contributed by atoms with van der Waals surface area (Å²) in [4.78, 5) is 29.9. The molecule has 0 unspecified atom stereocenters. The summed E-state index contributed by atoms with van der Waals surface area (Å²) in [7, 11) is 0. The normalized spacial score (nSPS) is 10.9. The number of carbonyl (C=O) groups is 1. The summed E-state index contributed by atoms with van der Waals surface area (Å²) in [5.74, 6) is 0.00468. The van der Waals surface area contributed by atoms with Gasteiger partial charge in [-0.1, -0.05) is 24.9 Å². The molecule has 28 heavy (non-hydrogen) atoms. The lowest BCUT2D eigenvalue weighted by Gasteiger charge is -2.14. The van der Waals surface area contributed by atoms with Crippen molar-refractivity contribution in [3.8, 4) is 5.95 Å². The van der Waals surface area contributed by atoms with Crippen molar-refractivity contribution >= 4 is 23.2 Å². The zero-order valence-corrected chi connectivity index (χ0v) is 16.8. The molecule has 3 rings (SSSR count). The van der Waals surface area contributed by atoms with Crippen LogP contribution in [0.3, 0.4) is 0 Å². The fraction of sp³-hybridized carbons (Fsp3) is 0.300. The Kier molecular flexibility index (Phi) is 5.94. The fourth-order valence-corrected chi connectivity index (χ4v) is 3.07. The molecule has 0 aliphatic heterocycles. The third kappa shape index (κ3) is 4.48. The molecule has 0 aliphatic carbocycles. The monoisotopic (exact) mass is 399 g/mol. The molecule has 0 bridgehead atoms. The minimum Gasteiger partial charge on any atom is -0.325 e. The van der Waals surface area contributed by atoms with Gasteiger partial charge in [0.25, 0.3) is 5.56 Å². The molecule has 0 saturated carbocycles. The van der Waals surface area contributed by atoms with Crippen LogP contribution in [0, 0.1) is 13.8 Å². The fourth-order valence-electron chi connectivity index (χ4n) is 2.94. The highest BCUT2D eigenvalue weighted by Crippen LogP contribution is 2.14. The number of aromatic nitrogens is 4. The highest BCUT2D eigenvalue weighted by molar-refractivity contribution is 6.30. The third-order valence-electron chi connectivity index (χ3n) is 4.18. The van der Waals surface area contributed by atoms with E-state index in [9.17, 15) is 9.59 Å². The Balaban J connectivity index is 1.97. The van der Waals surface area contributed by atoms with Crippen LogP contribution in [0.4, 0.5) is 5.69 Å². The predicted molar refractivity (Wildman–Crippen MR) is 109 cm³/mol. The second-order valence-electron chi connectivity index (χ2n) is 6.62. The van der Waals surface area contributed by atoms with Gasteiger partial charge in [-0.3, -0.25) is 14.2 Å². The first kappa shape index (κ1) is 19.8. The SMILES string of the molecule is CCCc1cc(=O)n(CC(=O)Nc2ccc(Cl)cc2)c(-n2nc(C)cc2C)n1. The lowest BCUT2D eigenvalue weighted by molar-refractivity contribution is -0.116. The van der Waals surface area contributed by atoms with Crippen LogP contribution >= 0.6 is 11.6 Å². The van der Waals surface area contributed by atoms with Crippen LogP contribution in [0.15, 0.2) is 41.2 Å². The lowest BCUT2D eigenvalue weighted by atomic mass is 10.2. The molecule has 2 aromatic heterocycles. The van der Waals surface area contributed by atoms with Gasteiger partial charge >= 0.3 is 0 Å². The van der Waals surface area contributed by atoms with E-state index in [1.54, 1.807) is 28.9 Å². The Morgan fingerprint density at radius 3 is 2.50 bits per heavy atom. The van der Waals surface area contributed by atoms with Gasteiger partial charge in [0.15, 0.2) is 0 Å². The van der Waals surface area contributed by atoms with E-state index in [-0.39, 0.29) is 18.0 Å². The maximum atomic E-state index is 12.7. The van der Waals surface area contributed by atoms with Gasteiger partial charge in [-0.2, -0.15) is 5.10 Å². The van der Waals surface area contributed by atoms with Crippen molar-refractivity contribution in [2.24, 2.45) is 0 Å². The van der Waals surface area contributed by atoms with Crippen molar-refractivity contribution in [2.45, 2.75) is 40.2 Å². The molecule has 1 N–H and O–H groups in total. The summed E-state index contributed by atoms with van der Waals surface area (Å²) in [6.45, 7) is 5.61. The van der Waals surface area contributed by atoms with Crippen molar-refractivity contribution in [3.05, 3.63) is 68.9 Å². The first-order chi connectivity index (χ1) is 13.4. The van der Waals surface area contributed by atoms with Crippen LogP contribution < -0.4 is 10.9 Å². The smallest absolute Gasteiger partial charge is 0.255 e.